The van der Waals surface area contributed by atoms with Crippen molar-refractivity contribution in [2.75, 3.05) is 6.79 Å². The molecule has 14 heavy (non-hydrogen) atoms. The summed E-state index contributed by atoms with van der Waals surface area (Å²) in [6.45, 7) is 2.44. The zero-order chi connectivity index (χ0) is 9.71. The van der Waals surface area contributed by atoms with Crippen LogP contribution in [0.15, 0.2) is 18.3 Å². The minimum absolute atomic E-state index is 0.338. The van der Waals surface area contributed by atoms with Gasteiger partial charge in [-0.05, 0) is 18.6 Å². The van der Waals surface area contributed by atoms with Crippen LogP contribution in [0.3, 0.4) is 0 Å². The van der Waals surface area contributed by atoms with E-state index in [2.05, 4.69) is 17.7 Å². The summed E-state index contributed by atoms with van der Waals surface area (Å²) < 4.78 is 12.8. The first kappa shape index (κ1) is 7.74. The fraction of sp³-hybridized carbons (Fsp3) is 0.273. The Hall–Kier alpha value is -1.64. The first-order valence-electron chi connectivity index (χ1n) is 4.61. The third-order valence-electron chi connectivity index (χ3n) is 2.68. The van der Waals surface area contributed by atoms with E-state index >= 15 is 0 Å². The monoisotopic (exact) mass is 189 g/mol. The zero-order valence-corrected chi connectivity index (χ0v) is 8.20. The van der Waals surface area contributed by atoms with Gasteiger partial charge < -0.3 is 14.0 Å². The van der Waals surface area contributed by atoms with Crippen LogP contribution < -0.4 is 9.47 Å². The maximum atomic E-state index is 5.34. The number of hydrogen-bond donors (Lipinski definition) is 0. The Morgan fingerprint density at radius 3 is 2.71 bits per heavy atom. The van der Waals surface area contributed by atoms with E-state index in [1.807, 2.05) is 19.2 Å². The fourth-order valence-electron chi connectivity index (χ4n) is 1.97. The molecule has 2 aromatic rings. The van der Waals surface area contributed by atoms with Gasteiger partial charge in [-0.2, -0.15) is 0 Å². The van der Waals surface area contributed by atoms with Crippen molar-refractivity contribution >= 4 is 10.9 Å². The lowest BCUT2D eigenvalue weighted by Crippen LogP contribution is -1.93. The molecule has 3 rings (SSSR count). The number of rotatable bonds is 0. The molecule has 0 saturated carbocycles. The average molecular weight is 189 g/mol. The largest absolute Gasteiger partial charge is 0.454 e. The van der Waals surface area contributed by atoms with Crippen molar-refractivity contribution in [3.05, 3.63) is 23.9 Å². The summed E-state index contributed by atoms with van der Waals surface area (Å²) in [5.41, 5.74) is 2.45. The Labute approximate surface area is 81.8 Å². The van der Waals surface area contributed by atoms with Crippen molar-refractivity contribution in [2.24, 2.45) is 7.05 Å². The van der Waals surface area contributed by atoms with Crippen LogP contribution >= 0.6 is 0 Å². The third-order valence-corrected chi connectivity index (χ3v) is 2.68. The van der Waals surface area contributed by atoms with Crippen LogP contribution in [0.5, 0.6) is 11.5 Å². The van der Waals surface area contributed by atoms with Crippen molar-refractivity contribution in [1.82, 2.24) is 4.57 Å². The minimum atomic E-state index is 0.338. The number of aromatic nitrogens is 1. The first-order valence-corrected chi connectivity index (χ1v) is 4.61. The molecule has 0 aliphatic carbocycles. The van der Waals surface area contributed by atoms with Gasteiger partial charge in [0, 0.05) is 24.7 Å². The number of ether oxygens (including phenoxy) is 2. The number of fused-ring (bicyclic) bond motifs is 2. The zero-order valence-electron chi connectivity index (χ0n) is 8.20. The van der Waals surface area contributed by atoms with Gasteiger partial charge in [0.15, 0.2) is 11.5 Å². The summed E-state index contributed by atoms with van der Waals surface area (Å²) in [5, 5.41) is 1.23. The average Bonchev–Trinajstić information content (AvgIpc) is 2.70. The Morgan fingerprint density at radius 1 is 1.21 bits per heavy atom. The van der Waals surface area contributed by atoms with Gasteiger partial charge in [0.1, 0.15) is 0 Å². The molecule has 0 fully saturated rings. The van der Waals surface area contributed by atoms with Crippen molar-refractivity contribution in [3.8, 4) is 11.5 Å². The van der Waals surface area contributed by atoms with Crippen LogP contribution in [0.4, 0.5) is 0 Å². The predicted molar refractivity (Wildman–Crippen MR) is 53.8 cm³/mol. The highest BCUT2D eigenvalue weighted by molar-refractivity contribution is 5.87. The summed E-state index contributed by atoms with van der Waals surface area (Å²) in [6, 6.07) is 4.08. The molecule has 0 atom stereocenters. The molecule has 0 amide bonds. The van der Waals surface area contributed by atoms with E-state index in [9.17, 15) is 0 Å². The van der Waals surface area contributed by atoms with E-state index in [-0.39, 0.29) is 0 Å². The smallest absolute Gasteiger partial charge is 0.231 e. The fourth-order valence-corrected chi connectivity index (χ4v) is 1.97. The highest BCUT2D eigenvalue weighted by Gasteiger charge is 2.16. The van der Waals surface area contributed by atoms with Crippen molar-refractivity contribution in [3.63, 3.8) is 0 Å². The molecule has 0 bridgehead atoms. The van der Waals surface area contributed by atoms with Crippen LogP contribution in [-0.2, 0) is 7.05 Å². The number of benzene rings is 1. The van der Waals surface area contributed by atoms with E-state index in [1.54, 1.807) is 0 Å². The molecular weight excluding hydrogens is 178 g/mol. The molecule has 0 spiro atoms. The van der Waals surface area contributed by atoms with Crippen molar-refractivity contribution in [1.29, 1.82) is 0 Å². The van der Waals surface area contributed by atoms with Gasteiger partial charge in [-0.3, -0.25) is 0 Å². The topological polar surface area (TPSA) is 23.4 Å². The lowest BCUT2D eigenvalue weighted by atomic mass is 10.2. The summed E-state index contributed by atoms with van der Waals surface area (Å²) in [7, 11) is 2.04. The van der Waals surface area contributed by atoms with Gasteiger partial charge in [-0.1, -0.05) is 0 Å². The molecule has 0 unspecified atom stereocenters. The molecule has 72 valence electrons. The Morgan fingerprint density at radius 2 is 1.93 bits per heavy atom. The molecule has 1 aromatic heterocycles. The van der Waals surface area contributed by atoms with Gasteiger partial charge >= 0.3 is 0 Å². The minimum Gasteiger partial charge on any atom is -0.454 e. The van der Waals surface area contributed by atoms with Crippen LogP contribution in [0.2, 0.25) is 0 Å². The second-order valence-corrected chi connectivity index (χ2v) is 3.65. The van der Waals surface area contributed by atoms with E-state index in [0.29, 0.717) is 6.79 Å². The molecule has 0 N–H and O–H groups in total. The van der Waals surface area contributed by atoms with Gasteiger partial charge in [0.25, 0.3) is 0 Å². The van der Waals surface area contributed by atoms with Crippen molar-refractivity contribution < 1.29 is 9.47 Å². The normalized spacial score (nSPS) is 13.9. The van der Waals surface area contributed by atoms with Gasteiger partial charge in [0.2, 0.25) is 6.79 Å². The maximum absolute atomic E-state index is 5.34. The molecule has 1 aliphatic rings. The van der Waals surface area contributed by atoms with Gasteiger partial charge in [0.05, 0.1) is 5.52 Å². The molecule has 3 heteroatoms. The maximum Gasteiger partial charge on any atom is 0.231 e. The van der Waals surface area contributed by atoms with E-state index in [1.165, 1.54) is 16.5 Å². The highest BCUT2D eigenvalue weighted by atomic mass is 16.7. The third kappa shape index (κ3) is 0.867. The Bertz CT molecular complexity index is 469. The second kappa shape index (κ2) is 2.44. The second-order valence-electron chi connectivity index (χ2n) is 3.65. The van der Waals surface area contributed by atoms with Gasteiger partial charge in [-0.25, -0.2) is 0 Å². The summed E-state index contributed by atoms with van der Waals surface area (Å²) in [5.74, 6) is 1.70. The van der Waals surface area contributed by atoms with Crippen LogP contribution in [0.25, 0.3) is 10.9 Å². The van der Waals surface area contributed by atoms with Crippen LogP contribution in [0.1, 0.15) is 5.56 Å². The predicted octanol–water partition coefficient (Wildman–Crippen LogP) is 2.22. The molecule has 3 nitrogen and oxygen atoms in total. The molecular formula is C11H11NO2. The quantitative estimate of drug-likeness (QED) is 0.634. The first-order chi connectivity index (χ1) is 6.75. The molecule has 1 aliphatic heterocycles. The Balaban J connectivity index is 2.40. The van der Waals surface area contributed by atoms with Gasteiger partial charge in [-0.15, -0.1) is 0 Å². The highest BCUT2D eigenvalue weighted by Crippen LogP contribution is 2.37. The van der Waals surface area contributed by atoms with Crippen LogP contribution in [0, 0.1) is 6.92 Å². The molecule has 1 aromatic carbocycles. The number of nitrogens with zero attached hydrogens (tertiary/aromatic N) is 1. The van der Waals surface area contributed by atoms with Crippen LogP contribution in [-0.4, -0.2) is 11.4 Å². The van der Waals surface area contributed by atoms with Crippen molar-refractivity contribution in [2.45, 2.75) is 6.92 Å². The lowest BCUT2D eigenvalue weighted by Gasteiger charge is -1.99. The van der Waals surface area contributed by atoms with E-state index in [4.69, 9.17) is 9.47 Å². The molecule has 2 heterocycles. The summed E-state index contributed by atoms with van der Waals surface area (Å²) in [6.07, 6.45) is 2.11. The van der Waals surface area contributed by atoms with E-state index < -0.39 is 0 Å². The lowest BCUT2D eigenvalue weighted by molar-refractivity contribution is 0.174. The summed E-state index contributed by atoms with van der Waals surface area (Å²) >= 11 is 0. The number of hydrogen-bond acceptors (Lipinski definition) is 2. The summed E-state index contributed by atoms with van der Waals surface area (Å²) in [4.78, 5) is 0. The number of aryl methyl sites for hydroxylation is 2. The molecule has 0 saturated heterocycles. The van der Waals surface area contributed by atoms with E-state index in [0.717, 1.165) is 11.5 Å². The SMILES string of the molecule is Cc1cn(C)c2cc3c(cc12)OCO3. The Kier molecular flexibility index (Phi) is 1.35. The molecule has 0 radical (unpaired) electrons. The standard InChI is InChI=1S/C11H11NO2/c1-7-5-12(2)9-4-11-10(3-8(7)9)13-6-14-11/h3-5H,6H2,1-2H3.